The first-order chi connectivity index (χ1) is 6.70. The maximum atomic E-state index is 5.96. The van der Waals surface area contributed by atoms with Gasteiger partial charge in [0, 0.05) is 19.3 Å². The van der Waals surface area contributed by atoms with E-state index in [1.165, 1.54) is 19.3 Å². The van der Waals surface area contributed by atoms with Crippen molar-refractivity contribution in [1.29, 1.82) is 0 Å². The van der Waals surface area contributed by atoms with Crippen LogP contribution < -0.4 is 0 Å². The molecule has 2 atom stereocenters. The highest BCUT2D eigenvalue weighted by Crippen LogP contribution is 2.36. The van der Waals surface area contributed by atoms with Crippen molar-refractivity contribution in [2.75, 3.05) is 0 Å². The van der Waals surface area contributed by atoms with Gasteiger partial charge in [-0.2, -0.15) is 0 Å². The van der Waals surface area contributed by atoms with E-state index < -0.39 is 5.79 Å². The van der Waals surface area contributed by atoms with E-state index in [1.807, 2.05) is 6.92 Å². The summed E-state index contributed by atoms with van der Waals surface area (Å²) in [7, 11) is 0. The fourth-order valence-electron chi connectivity index (χ4n) is 2.40. The van der Waals surface area contributed by atoms with Crippen molar-refractivity contribution in [3.8, 4) is 0 Å². The Labute approximate surface area is 85.6 Å². The molecular weight excluding hydrogens is 180 g/mol. The molecule has 3 heteroatoms. The Hall–Kier alpha value is -0.120. The van der Waals surface area contributed by atoms with Crippen molar-refractivity contribution >= 4 is 0 Å². The largest absolute Gasteiger partial charge is 0.344 e. The van der Waals surface area contributed by atoms with Gasteiger partial charge in [0.05, 0.1) is 12.2 Å². The van der Waals surface area contributed by atoms with Gasteiger partial charge in [0.15, 0.2) is 0 Å². The van der Waals surface area contributed by atoms with E-state index in [0.29, 0.717) is 0 Å². The molecule has 0 aromatic heterocycles. The standard InChI is InChI=1S/C11H20O3/c1-9-8-10(2)13-14-11(12-9)6-4-3-5-7-11/h9-10H,3-8H2,1-2H3. The number of rotatable bonds is 0. The highest BCUT2D eigenvalue weighted by molar-refractivity contribution is 4.77. The Bertz CT molecular complexity index is 187. The minimum atomic E-state index is -0.428. The average molecular weight is 200 g/mol. The highest BCUT2D eigenvalue weighted by Gasteiger charge is 2.39. The van der Waals surface area contributed by atoms with Crippen molar-refractivity contribution in [2.24, 2.45) is 0 Å². The first-order valence-electron chi connectivity index (χ1n) is 5.72. The summed E-state index contributed by atoms with van der Waals surface area (Å²) in [6, 6.07) is 0. The Morgan fingerprint density at radius 3 is 2.43 bits per heavy atom. The van der Waals surface area contributed by atoms with Gasteiger partial charge < -0.3 is 4.74 Å². The molecule has 2 unspecified atom stereocenters. The maximum absolute atomic E-state index is 5.96. The van der Waals surface area contributed by atoms with E-state index in [4.69, 9.17) is 14.5 Å². The third-order valence-electron chi connectivity index (χ3n) is 3.06. The molecule has 1 heterocycles. The van der Waals surface area contributed by atoms with Crippen LogP contribution in [0.1, 0.15) is 52.4 Å². The van der Waals surface area contributed by atoms with Crippen LogP contribution in [0, 0.1) is 0 Å². The number of ether oxygens (including phenoxy) is 1. The molecule has 14 heavy (non-hydrogen) atoms. The summed E-state index contributed by atoms with van der Waals surface area (Å²) >= 11 is 0. The molecule has 2 fully saturated rings. The van der Waals surface area contributed by atoms with E-state index in [9.17, 15) is 0 Å². The van der Waals surface area contributed by atoms with Gasteiger partial charge in [0.25, 0.3) is 0 Å². The second-order valence-electron chi connectivity index (χ2n) is 4.63. The molecule has 0 radical (unpaired) electrons. The third kappa shape index (κ3) is 2.27. The fourth-order valence-corrected chi connectivity index (χ4v) is 2.40. The van der Waals surface area contributed by atoms with Gasteiger partial charge >= 0.3 is 0 Å². The lowest BCUT2D eigenvalue weighted by Gasteiger charge is -2.35. The van der Waals surface area contributed by atoms with E-state index in [1.54, 1.807) is 0 Å². The lowest BCUT2D eigenvalue weighted by atomic mass is 9.94. The zero-order chi connectivity index (χ0) is 10.0. The number of hydrogen-bond donors (Lipinski definition) is 0. The van der Waals surface area contributed by atoms with Crippen LogP contribution >= 0.6 is 0 Å². The summed E-state index contributed by atoms with van der Waals surface area (Å²) in [6.45, 7) is 4.13. The summed E-state index contributed by atoms with van der Waals surface area (Å²) in [5.74, 6) is -0.428. The van der Waals surface area contributed by atoms with Crippen LogP contribution in [0.25, 0.3) is 0 Å². The van der Waals surface area contributed by atoms with E-state index >= 15 is 0 Å². The van der Waals surface area contributed by atoms with Gasteiger partial charge in [0.2, 0.25) is 5.79 Å². The molecule has 1 saturated heterocycles. The molecular formula is C11H20O3. The summed E-state index contributed by atoms with van der Waals surface area (Å²) in [5, 5.41) is 0. The van der Waals surface area contributed by atoms with Gasteiger partial charge in [-0.3, -0.25) is 0 Å². The summed E-state index contributed by atoms with van der Waals surface area (Å²) < 4.78 is 5.96. The Morgan fingerprint density at radius 2 is 1.71 bits per heavy atom. The maximum Gasteiger partial charge on any atom is 0.201 e. The highest BCUT2D eigenvalue weighted by atomic mass is 17.2. The van der Waals surface area contributed by atoms with E-state index in [0.717, 1.165) is 19.3 Å². The Morgan fingerprint density at radius 1 is 1.00 bits per heavy atom. The zero-order valence-electron chi connectivity index (χ0n) is 9.12. The first kappa shape index (κ1) is 10.4. The topological polar surface area (TPSA) is 27.7 Å². The second-order valence-corrected chi connectivity index (χ2v) is 4.63. The minimum absolute atomic E-state index is 0.145. The van der Waals surface area contributed by atoms with Crippen molar-refractivity contribution in [3.63, 3.8) is 0 Å². The van der Waals surface area contributed by atoms with E-state index in [-0.39, 0.29) is 12.2 Å². The van der Waals surface area contributed by atoms with Crippen LogP contribution in [-0.4, -0.2) is 18.0 Å². The van der Waals surface area contributed by atoms with Crippen LogP contribution in [0.4, 0.5) is 0 Å². The van der Waals surface area contributed by atoms with Crippen LogP contribution in [0.5, 0.6) is 0 Å². The van der Waals surface area contributed by atoms with Crippen LogP contribution in [0.3, 0.4) is 0 Å². The Balaban J connectivity index is 2.02. The molecule has 2 rings (SSSR count). The van der Waals surface area contributed by atoms with E-state index in [2.05, 4.69) is 6.92 Å². The zero-order valence-corrected chi connectivity index (χ0v) is 9.12. The normalized spacial score (nSPS) is 38.1. The van der Waals surface area contributed by atoms with Gasteiger partial charge in [-0.15, -0.1) is 0 Å². The molecule has 1 saturated carbocycles. The van der Waals surface area contributed by atoms with Gasteiger partial charge in [-0.25, -0.2) is 9.78 Å². The van der Waals surface area contributed by atoms with Crippen molar-refractivity contribution in [2.45, 2.75) is 70.4 Å². The SMILES string of the molecule is CC1CC(C)OC2(CCCCC2)OO1. The summed E-state index contributed by atoms with van der Waals surface area (Å²) in [4.78, 5) is 10.8. The van der Waals surface area contributed by atoms with Gasteiger partial charge in [0.1, 0.15) is 0 Å². The smallest absolute Gasteiger partial charge is 0.201 e. The molecule has 0 aromatic rings. The molecule has 0 aromatic carbocycles. The predicted octanol–water partition coefficient (Wildman–Crippen LogP) is 2.79. The minimum Gasteiger partial charge on any atom is -0.344 e. The molecule has 2 aliphatic rings. The lowest BCUT2D eigenvalue weighted by Crippen LogP contribution is -2.39. The van der Waals surface area contributed by atoms with Crippen LogP contribution in [-0.2, 0) is 14.5 Å². The fraction of sp³-hybridized carbons (Fsp3) is 1.00. The Kier molecular flexibility index (Phi) is 3.10. The van der Waals surface area contributed by atoms with Gasteiger partial charge in [-0.1, -0.05) is 6.42 Å². The van der Waals surface area contributed by atoms with Crippen LogP contribution in [0.15, 0.2) is 0 Å². The second kappa shape index (κ2) is 4.17. The first-order valence-corrected chi connectivity index (χ1v) is 5.72. The molecule has 1 spiro atoms. The summed E-state index contributed by atoms with van der Waals surface area (Å²) in [6.07, 6.45) is 6.92. The van der Waals surface area contributed by atoms with Crippen molar-refractivity contribution in [3.05, 3.63) is 0 Å². The number of hydrogen-bond acceptors (Lipinski definition) is 3. The molecule has 0 bridgehead atoms. The quantitative estimate of drug-likeness (QED) is 0.563. The predicted molar refractivity (Wildman–Crippen MR) is 52.6 cm³/mol. The summed E-state index contributed by atoms with van der Waals surface area (Å²) in [5.41, 5.74) is 0. The third-order valence-corrected chi connectivity index (χ3v) is 3.06. The van der Waals surface area contributed by atoms with Crippen LogP contribution in [0.2, 0.25) is 0 Å². The lowest BCUT2D eigenvalue weighted by molar-refractivity contribution is -0.436. The molecule has 3 nitrogen and oxygen atoms in total. The average Bonchev–Trinajstić information content (AvgIpc) is 2.27. The van der Waals surface area contributed by atoms with Crippen molar-refractivity contribution in [1.82, 2.24) is 0 Å². The van der Waals surface area contributed by atoms with Gasteiger partial charge in [-0.05, 0) is 26.7 Å². The monoisotopic (exact) mass is 200 g/mol. The molecule has 1 aliphatic carbocycles. The van der Waals surface area contributed by atoms with Crippen molar-refractivity contribution < 1.29 is 14.5 Å². The molecule has 1 aliphatic heterocycles. The molecule has 0 N–H and O–H groups in total. The molecule has 82 valence electrons. The molecule has 0 amide bonds.